The van der Waals surface area contributed by atoms with Gasteiger partial charge < -0.3 is 10.6 Å². The van der Waals surface area contributed by atoms with Crippen molar-refractivity contribution in [2.24, 2.45) is 5.73 Å². The molecule has 0 aromatic heterocycles. The largest absolute Gasteiger partial charge is 0.338 e. The van der Waals surface area contributed by atoms with Crippen LogP contribution in [0.15, 0.2) is 0 Å². The van der Waals surface area contributed by atoms with E-state index < -0.39 is 0 Å². The van der Waals surface area contributed by atoms with E-state index in [1.54, 1.807) is 0 Å². The molecule has 0 radical (unpaired) electrons. The van der Waals surface area contributed by atoms with E-state index in [0.717, 1.165) is 25.9 Å². The molecular weight excluding hydrogens is 238 g/mol. The standard InChI is InChI=1S/C15H29N3O/c1-17-11-6-12-18(15(19)14(17)9-10-16)13-7-4-2-3-5-8-13/h13-14H,2-12,16H2,1H3. The molecule has 0 aromatic rings. The lowest BCUT2D eigenvalue weighted by atomic mass is 10.0. The number of nitrogens with two attached hydrogens (primary N) is 1. The second kappa shape index (κ2) is 7.25. The minimum absolute atomic E-state index is 0.00996. The molecule has 2 aliphatic rings. The number of carbonyl (C=O) groups is 1. The summed E-state index contributed by atoms with van der Waals surface area (Å²) in [5, 5.41) is 0. The second-order valence-electron chi connectivity index (χ2n) is 6.10. The third-order valence-electron chi connectivity index (χ3n) is 4.72. The number of amides is 1. The number of carbonyl (C=O) groups excluding carboxylic acids is 1. The van der Waals surface area contributed by atoms with E-state index in [1.165, 1.54) is 38.5 Å². The number of rotatable bonds is 3. The molecule has 1 amide bonds. The summed E-state index contributed by atoms with van der Waals surface area (Å²) in [6.07, 6.45) is 9.53. The Hall–Kier alpha value is -0.610. The van der Waals surface area contributed by atoms with Crippen LogP contribution in [0, 0.1) is 0 Å². The van der Waals surface area contributed by atoms with Gasteiger partial charge in [-0.25, -0.2) is 0 Å². The monoisotopic (exact) mass is 267 g/mol. The first-order valence-corrected chi connectivity index (χ1v) is 7.95. The van der Waals surface area contributed by atoms with Crippen LogP contribution < -0.4 is 5.73 Å². The van der Waals surface area contributed by atoms with Crippen molar-refractivity contribution < 1.29 is 4.79 Å². The van der Waals surface area contributed by atoms with Crippen molar-refractivity contribution in [2.45, 2.75) is 63.5 Å². The van der Waals surface area contributed by atoms with E-state index >= 15 is 0 Å². The highest BCUT2D eigenvalue weighted by molar-refractivity contribution is 5.82. The van der Waals surface area contributed by atoms with Crippen molar-refractivity contribution in [3.05, 3.63) is 0 Å². The van der Waals surface area contributed by atoms with Gasteiger partial charge in [-0.05, 0) is 39.3 Å². The molecule has 2 N–H and O–H groups in total. The summed E-state index contributed by atoms with van der Waals surface area (Å²) in [6, 6.07) is 0.498. The summed E-state index contributed by atoms with van der Waals surface area (Å²) in [6.45, 7) is 2.55. The maximum Gasteiger partial charge on any atom is 0.240 e. The van der Waals surface area contributed by atoms with Crippen LogP contribution in [0.2, 0.25) is 0 Å². The third-order valence-corrected chi connectivity index (χ3v) is 4.72. The molecule has 19 heavy (non-hydrogen) atoms. The Morgan fingerprint density at radius 2 is 1.79 bits per heavy atom. The summed E-state index contributed by atoms with van der Waals surface area (Å²) in [5.41, 5.74) is 5.69. The van der Waals surface area contributed by atoms with Gasteiger partial charge in [-0.15, -0.1) is 0 Å². The summed E-state index contributed by atoms with van der Waals surface area (Å²) in [7, 11) is 2.06. The van der Waals surface area contributed by atoms with Crippen LogP contribution in [0.3, 0.4) is 0 Å². The van der Waals surface area contributed by atoms with Crippen LogP contribution in [-0.4, -0.2) is 54.5 Å². The molecule has 1 aliphatic heterocycles. The molecule has 1 saturated carbocycles. The molecule has 1 heterocycles. The molecule has 2 rings (SSSR count). The maximum atomic E-state index is 12.8. The van der Waals surface area contributed by atoms with E-state index in [9.17, 15) is 4.79 Å². The molecule has 1 atom stereocenters. The zero-order valence-corrected chi connectivity index (χ0v) is 12.3. The van der Waals surface area contributed by atoms with Crippen molar-refractivity contribution >= 4 is 5.91 Å². The van der Waals surface area contributed by atoms with Gasteiger partial charge in [0, 0.05) is 19.1 Å². The highest BCUT2D eigenvalue weighted by Crippen LogP contribution is 2.25. The Labute approximate surface area is 117 Å². The first-order valence-electron chi connectivity index (χ1n) is 7.95. The molecule has 1 saturated heterocycles. The maximum absolute atomic E-state index is 12.8. The quantitative estimate of drug-likeness (QED) is 0.790. The van der Waals surface area contributed by atoms with Crippen LogP contribution in [0.25, 0.3) is 0 Å². The number of hydrogen-bond acceptors (Lipinski definition) is 3. The Balaban J connectivity index is 2.07. The van der Waals surface area contributed by atoms with E-state index in [2.05, 4.69) is 16.8 Å². The fourth-order valence-corrected chi connectivity index (χ4v) is 3.57. The van der Waals surface area contributed by atoms with Crippen molar-refractivity contribution in [1.82, 2.24) is 9.80 Å². The fourth-order valence-electron chi connectivity index (χ4n) is 3.57. The number of likely N-dealkylation sites (N-methyl/N-ethyl adjacent to an activating group) is 1. The molecule has 110 valence electrons. The fraction of sp³-hybridized carbons (Fsp3) is 0.933. The second-order valence-corrected chi connectivity index (χ2v) is 6.10. The van der Waals surface area contributed by atoms with Crippen molar-refractivity contribution in [2.75, 3.05) is 26.7 Å². The summed E-state index contributed by atoms with van der Waals surface area (Å²) in [4.78, 5) is 17.2. The van der Waals surface area contributed by atoms with E-state index in [0.29, 0.717) is 18.5 Å². The molecule has 1 aliphatic carbocycles. The van der Waals surface area contributed by atoms with Gasteiger partial charge in [-0.3, -0.25) is 9.69 Å². The lowest BCUT2D eigenvalue weighted by molar-refractivity contribution is -0.137. The highest BCUT2D eigenvalue weighted by atomic mass is 16.2. The predicted octanol–water partition coefficient (Wildman–Crippen LogP) is 1.59. The highest BCUT2D eigenvalue weighted by Gasteiger charge is 2.33. The van der Waals surface area contributed by atoms with Crippen molar-refractivity contribution in [1.29, 1.82) is 0 Å². The zero-order valence-electron chi connectivity index (χ0n) is 12.3. The summed E-state index contributed by atoms with van der Waals surface area (Å²) in [5.74, 6) is 0.331. The minimum Gasteiger partial charge on any atom is -0.338 e. The smallest absolute Gasteiger partial charge is 0.240 e. The minimum atomic E-state index is 0.00996. The average molecular weight is 267 g/mol. The zero-order chi connectivity index (χ0) is 13.7. The van der Waals surface area contributed by atoms with E-state index in [4.69, 9.17) is 5.73 Å². The van der Waals surface area contributed by atoms with Gasteiger partial charge >= 0.3 is 0 Å². The van der Waals surface area contributed by atoms with Gasteiger partial charge in [-0.2, -0.15) is 0 Å². The molecule has 0 spiro atoms. The molecule has 0 aromatic carbocycles. The van der Waals surface area contributed by atoms with E-state index in [-0.39, 0.29) is 6.04 Å². The average Bonchev–Trinajstić information content (AvgIpc) is 2.74. The Bertz CT molecular complexity index is 287. The third kappa shape index (κ3) is 3.69. The van der Waals surface area contributed by atoms with Crippen molar-refractivity contribution in [3.63, 3.8) is 0 Å². The lowest BCUT2D eigenvalue weighted by Crippen LogP contribution is -2.49. The number of hydrogen-bond donors (Lipinski definition) is 1. The molecule has 0 bridgehead atoms. The van der Waals surface area contributed by atoms with Crippen LogP contribution in [0.5, 0.6) is 0 Å². The Morgan fingerprint density at radius 1 is 1.11 bits per heavy atom. The van der Waals surface area contributed by atoms with Gasteiger partial charge in [0.1, 0.15) is 0 Å². The Kier molecular flexibility index (Phi) is 5.64. The van der Waals surface area contributed by atoms with Crippen LogP contribution in [0.1, 0.15) is 51.4 Å². The van der Waals surface area contributed by atoms with Gasteiger partial charge in [-0.1, -0.05) is 25.7 Å². The molecule has 1 unspecified atom stereocenters. The van der Waals surface area contributed by atoms with Crippen LogP contribution in [-0.2, 0) is 4.79 Å². The summed E-state index contributed by atoms with van der Waals surface area (Å²) < 4.78 is 0. The first-order chi connectivity index (χ1) is 9.24. The van der Waals surface area contributed by atoms with Gasteiger partial charge in [0.2, 0.25) is 5.91 Å². The predicted molar refractivity (Wildman–Crippen MR) is 77.9 cm³/mol. The lowest BCUT2D eigenvalue weighted by Gasteiger charge is -2.33. The van der Waals surface area contributed by atoms with Crippen LogP contribution in [0.4, 0.5) is 0 Å². The SMILES string of the molecule is CN1CCCN(C2CCCCCC2)C(=O)C1CCN. The van der Waals surface area contributed by atoms with Gasteiger partial charge in [0.25, 0.3) is 0 Å². The van der Waals surface area contributed by atoms with Crippen molar-refractivity contribution in [3.8, 4) is 0 Å². The van der Waals surface area contributed by atoms with Gasteiger partial charge in [0.05, 0.1) is 6.04 Å². The van der Waals surface area contributed by atoms with Gasteiger partial charge in [0.15, 0.2) is 0 Å². The first kappa shape index (κ1) is 14.8. The van der Waals surface area contributed by atoms with E-state index in [1.807, 2.05) is 0 Å². The normalized spacial score (nSPS) is 28.2. The molecule has 4 heteroatoms. The molecule has 2 fully saturated rings. The molecular formula is C15H29N3O. The molecule has 4 nitrogen and oxygen atoms in total. The Morgan fingerprint density at radius 3 is 2.42 bits per heavy atom. The van der Waals surface area contributed by atoms with Crippen LogP contribution >= 0.6 is 0 Å². The summed E-state index contributed by atoms with van der Waals surface area (Å²) >= 11 is 0. The topological polar surface area (TPSA) is 49.6 Å². The number of nitrogens with zero attached hydrogens (tertiary/aromatic N) is 2.